The monoisotopic (exact) mass is 487 g/mol. The van der Waals surface area contributed by atoms with E-state index in [1.54, 1.807) is 31.3 Å². The van der Waals surface area contributed by atoms with E-state index in [1.165, 1.54) is 4.31 Å². The van der Waals surface area contributed by atoms with Crippen LogP contribution in [0.25, 0.3) is 22.0 Å². The van der Waals surface area contributed by atoms with Gasteiger partial charge < -0.3 is 10.1 Å². The number of aromatic nitrogens is 1. The fourth-order valence-electron chi connectivity index (χ4n) is 4.35. The first kappa shape index (κ1) is 23.0. The van der Waals surface area contributed by atoms with Gasteiger partial charge in [0.2, 0.25) is 0 Å². The molecule has 0 radical (unpaired) electrons. The van der Waals surface area contributed by atoms with Gasteiger partial charge in [-0.05, 0) is 66.8 Å². The summed E-state index contributed by atoms with van der Waals surface area (Å²) in [5.74, 6) is -0.602. The minimum absolute atomic E-state index is 0.252. The number of carbonyl (C=O) groups is 1. The number of nitrogens with zero attached hydrogens (tertiary/aromatic N) is 2. The molecule has 4 aromatic rings. The second kappa shape index (κ2) is 9.13. The van der Waals surface area contributed by atoms with Gasteiger partial charge >= 0.3 is 0 Å². The number of sulfonamides is 1. The molecule has 35 heavy (non-hydrogen) atoms. The summed E-state index contributed by atoms with van der Waals surface area (Å²) in [6.45, 7) is 4.41. The van der Waals surface area contributed by atoms with Crippen molar-refractivity contribution in [3.63, 3.8) is 0 Å². The Balaban J connectivity index is 1.43. The summed E-state index contributed by atoms with van der Waals surface area (Å²) in [6, 6.07) is 20.9. The summed E-state index contributed by atoms with van der Waals surface area (Å²) in [4.78, 5) is 17.7. The molecule has 1 aliphatic heterocycles. The lowest BCUT2D eigenvalue weighted by Crippen LogP contribution is -2.41. The largest absolute Gasteiger partial charge is 0.362 e. The van der Waals surface area contributed by atoms with Crippen molar-refractivity contribution >= 4 is 38.1 Å². The number of nitrogens with one attached hydrogen (secondary N) is 1. The lowest BCUT2D eigenvalue weighted by Gasteiger charge is -2.28. The van der Waals surface area contributed by atoms with Gasteiger partial charge in [-0.15, -0.1) is 0 Å². The van der Waals surface area contributed by atoms with E-state index < -0.39 is 10.0 Å². The highest BCUT2D eigenvalue weighted by molar-refractivity contribution is 7.92. The van der Waals surface area contributed by atoms with Crippen molar-refractivity contribution in [3.05, 3.63) is 89.6 Å². The third kappa shape index (κ3) is 4.50. The number of rotatable bonds is 4. The molecule has 2 heterocycles. The van der Waals surface area contributed by atoms with Gasteiger partial charge in [0.1, 0.15) is 0 Å². The molecule has 3 aromatic carbocycles. The Kier molecular flexibility index (Phi) is 6.00. The summed E-state index contributed by atoms with van der Waals surface area (Å²) >= 11 is 0. The second-order valence-electron chi connectivity index (χ2n) is 8.57. The van der Waals surface area contributed by atoms with Gasteiger partial charge in [-0.2, -0.15) is 0 Å². The molecular weight excluding hydrogens is 462 g/mol. The zero-order valence-corrected chi connectivity index (χ0v) is 20.3. The fourth-order valence-corrected chi connectivity index (χ4v) is 5.59. The number of benzene rings is 3. The average molecular weight is 488 g/mol. The minimum Gasteiger partial charge on any atom is -0.362 e. The molecule has 1 saturated heterocycles. The second-order valence-corrected chi connectivity index (χ2v) is 10.4. The van der Waals surface area contributed by atoms with Crippen LogP contribution in [0.4, 0.5) is 11.4 Å². The molecule has 0 aliphatic carbocycles. The molecule has 5 rings (SSSR count). The number of carbonyl (C=O) groups excluding carboxylic acids is 1. The summed E-state index contributed by atoms with van der Waals surface area (Å²) in [6.07, 6.45) is 1.79. The molecule has 1 fully saturated rings. The minimum atomic E-state index is -3.52. The Morgan fingerprint density at radius 2 is 1.83 bits per heavy atom. The first-order valence-electron chi connectivity index (χ1n) is 11.3. The number of pyridine rings is 1. The highest BCUT2D eigenvalue weighted by Gasteiger charge is 2.27. The number of anilines is 2. The van der Waals surface area contributed by atoms with Gasteiger partial charge in [0.05, 0.1) is 24.5 Å². The van der Waals surface area contributed by atoms with Crippen LogP contribution < -0.4 is 9.62 Å². The van der Waals surface area contributed by atoms with Crippen LogP contribution in [0.2, 0.25) is 0 Å². The van der Waals surface area contributed by atoms with Crippen molar-refractivity contribution in [1.82, 2.24) is 4.98 Å². The highest BCUT2D eigenvalue weighted by Crippen LogP contribution is 2.31. The predicted molar refractivity (Wildman–Crippen MR) is 138 cm³/mol. The van der Waals surface area contributed by atoms with Gasteiger partial charge in [0.25, 0.3) is 15.9 Å². The molecule has 0 atom stereocenters. The molecule has 1 N–H and O–H groups in total. The smallest absolute Gasteiger partial charge is 0.259 e. The number of hydrogen-bond donors (Lipinski definition) is 1. The molecule has 1 aliphatic rings. The van der Waals surface area contributed by atoms with Crippen LogP contribution >= 0.6 is 0 Å². The first-order chi connectivity index (χ1) is 16.8. The zero-order valence-electron chi connectivity index (χ0n) is 19.5. The van der Waals surface area contributed by atoms with Crippen LogP contribution in [0.15, 0.2) is 72.9 Å². The molecule has 0 saturated carbocycles. The Morgan fingerprint density at radius 3 is 2.63 bits per heavy atom. The molecule has 0 spiro atoms. The third-order valence-corrected chi connectivity index (χ3v) is 7.70. The molecule has 178 valence electrons. The van der Waals surface area contributed by atoms with Crippen molar-refractivity contribution in [2.24, 2.45) is 0 Å². The normalized spacial score (nSPS) is 15.2. The van der Waals surface area contributed by atoms with E-state index in [0.29, 0.717) is 29.1 Å². The maximum atomic E-state index is 13.1. The van der Waals surface area contributed by atoms with Crippen LogP contribution in [-0.2, 0) is 14.8 Å². The molecule has 7 nitrogen and oxygen atoms in total. The highest BCUT2D eigenvalue weighted by atomic mass is 32.2. The van der Waals surface area contributed by atoms with Crippen LogP contribution in [0.5, 0.6) is 0 Å². The maximum absolute atomic E-state index is 13.1. The van der Waals surface area contributed by atoms with E-state index in [4.69, 9.17) is 4.74 Å². The topological polar surface area (TPSA) is 88.6 Å². The summed E-state index contributed by atoms with van der Waals surface area (Å²) < 4.78 is 31.1. The lowest BCUT2D eigenvalue weighted by molar-refractivity contribution is 0.102. The van der Waals surface area contributed by atoms with Gasteiger partial charge in [0, 0.05) is 28.4 Å². The van der Waals surface area contributed by atoms with E-state index in [0.717, 1.165) is 27.6 Å². The number of fused-ring (bicyclic) bond motifs is 1. The van der Waals surface area contributed by atoms with Crippen LogP contribution in [0.1, 0.15) is 21.5 Å². The zero-order chi connectivity index (χ0) is 24.6. The van der Waals surface area contributed by atoms with E-state index in [-0.39, 0.29) is 18.4 Å². The molecule has 0 bridgehead atoms. The van der Waals surface area contributed by atoms with Crippen LogP contribution in [0.3, 0.4) is 0 Å². The fraction of sp³-hybridized carbons (Fsp3) is 0.185. The van der Waals surface area contributed by atoms with Crippen molar-refractivity contribution in [1.29, 1.82) is 0 Å². The lowest BCUT2D eigenvalue weighted by atomic mass is 9.99. The third-order valence-electron chi connectivity index (χ3n) is 6.17. The Morgan fingerprint density at radius 1 is 1.00 bits per heavy atom. The van der Waals surface area contributed by atoms with E-state index in [2.05, 4.69) is 16.4 Å². The molecular formula is C27H25N3O4S. The van der Waals surface area contributed by atoms with Gasteiger partial charge in [-0.25, -0.2) is 8.42 Å². The molecule has 1 amide bonds. The van der Waals surface area contributed by atoms with E-state index >= 15 is 0 Å². The standard InChI is InChI=1S/C27H25N3O4S/c1-18-7-8-21(16-25(18)26-24-6-4-3-5-20(24)11-12-28-26)29-27(31)23-10-9-22(15-19(23)2)30-13-14-34-17-35(30,32)33/h3-12,15-16H,13-14,17H2,1-2H3,(H,29,31). The van der Waals surface area contributed by atoms with Gasteiger partial charge in [-0.1, -0.05) is 30.3 Å². The Bertz CT molecular complexity index is 1540. The van der Waals surface area contributed by atoms with Crippen molar-refractivity contribution in [2.45, 2.75) is 13.8 Å². The maximum Gasteiger partial charge on any atom is 0.259 e. The van der Waals surface area contributed by atoms with E-state index in [1.807, 2.05) is 49.4 Å². The summed E-state index contributed by atoms with van der Waals surface area (Å²) in [7, 11) is -3.52. The van der Waals surface area contributed by atoms with E-state index in [9.17, 15) is 13.2 Å². The van der Waals surface area contributed by atoms with Gasteiger partial charge in [0.15, 0.2) is 5.94 Å². The Hall–Kier alpha value is -3.75. The predicted octanol–water partition coefficient (Wildman–Crippen LogP) is 4.89. The Labute approximate surface area is 204 Å². The molecule has 8 heteroatoms. The first-order valence-corrected chi connectivity index (χ1v) is 12.9. The molecule has 0 unspecified atom stereocenters. The van der Waals surface area contributed by atoms with Gasteiger partial charge in [-0.3, -0.25) is 14.1 Å². The summed E-state index contributed by atoms with van der Waals surface area (Å²) in [5, 5.41) is 5.13. The number of hydrogen-bond acceptors (Lipinski definition) is 5. The van der Waals surface area contributed by atoms with Crippen molar-refractivity contribution in [2.75, 3.05) is 28.7 Å². The SMILES string of the molecule is Cc1cc(N2CCOCS2(=O)=O)ccc1C(=O)Nc1ccc(C)c(-c2nccc3ccccc23)c1. The van der Waals surface area contributed by atoms with Crippen molar-refractivity contribution in [3.8, 4) is 11.3 Å². The van der Waals surface area contributed by atoms with Crippen LogP contribution in [-0.4, -0.2) is 38.4 Å². The average Bonchev–Trinajstić information content (AvgIpc) is 2.84. The van der Waals surface area contributed by atoms with Crippen LogP contribution in [0, 0.1) is 13.8 Å². The van der Waals surface area contributed by atoms with Crippen molar-refractivity contribution < 1.29 is 17.9 Å². The quantitative estimate of drug-likeness (QED) is 0.443. The number of ether oxygens (including phenoxy) is 1. The summed E-state index contributed by atoms with van der Waals surface area (Å²) in [5.41, 5.74) is 5.22. The molecule has 1 aromatic heterocycles. The number of aryl methyl sites for hydroxylation is 2. The number of amides is 1.